The molecule has 1 rings (SSSR count). The summed E-state index contributed by atoms with van der Waals surface area (Å²) in [6.07, 6.45) is 0. The summed E-state index contributed by atoms with van der Waals surface area (Å²) >= 11 is 0. The van der Waals surface area contributed by atoms with Crippen LogP contribution in [-0.4, -0.2) is 34.9 Å². The molecule has 0 saturated heterocycles. The van der Waals surface area contributed by atoms with Crippen molar-refractivity contribution in [1.29, 1.82) is 0 Å². The Labute approximate surface area is 105 Å². The maximum atomic E-state index is 11.4. The van der Waals surface area contributed by atoms with E-state index in [1.807, 2.05) is 31.2 Å². The minimum atomic E-state index is -1.29. The lowest BCUT2D eigenvalue weighted by Crippen LogP contribution is -2.47. The molecular formula is C12H16N2O4. The van der Waals surface area contributed by atoms with Gasteiger partial charge in [-0.05, 0) is 12.5 Å². The van der Waals surface area contributed by atoms with E-state index in [2.05, 4.69) is 10.6 Å². The first-order chi connectivity index (χ1) is 8.52. The molecule has 0 fully saturated rings. The Balaban J connectivity index is 2.44. The van der Waals surface area contributed by atoms with Crippen molar-refractivity contribution in [3.8, 4) is 0 Å². The minimum absolute atomic E-state index is 0.297. The maximum Gasteiger partial charge on any atom is 0.328 e. The third-order valence-electron chi connectivity index (χ3n) is 2.32. The van der Waals surface area contributed by atoms with Crippen molar-refractivity contribution in [2.75, 3.05) is 6.61 Å². The van der Waals surface area contributed by atoms with Crippen LogP contribution in [0.1, 0.15) is 11.1 Å². The predicted molar refractivity (Wildman–Crippen MR) is 65.1 cm³/mol. The van der Waals surface area contributed by atoms with Crippen molar-refractivity contribution < 1.29 is 19.8 Å². The molecule has 1 atom stereocenters. The summed E-state index contributed by atoms with van der Waals surface area (Å²) in [7, 11) is 0. The number of rotatable bonds is 5. The quantitative estimate of drug-likeness (QED) is 0.603. The van der Waals surface area contributed by atoms with Gasteiger partial charge in [-0.1, -0.05) is 29.8 Å². The van der Waals surface area contributed by atoms with E-state index in [0.29, 0.717) is 6.54 Å². The molecule has 0 aromatic heterocycles. The molecule has 0 heterocycles. The molecule has 18 heavy (non-hydrogen) atoms. The molecule has 6 heteroatoms. The van der Waals surface area contributed by atoms with Gasteiger partial charge < -0.3 is 20.8 Å². The van der Waals surface area contributed by atoms with Gasteiger partial charge in [0.1, 0.15) is 0 Å². The largest absolute Gasteiger partial charge is 0.480 e. The van der Waals surface area contributed by atoms with E-state index in [4.69, 9.17) is 10.2 Å². The van der Waals surface area contributed by atoms with Crippen molar-refractivity contribution in [1.82, 2.24) is 10.6 Å². The van der Waals surface area contributed by atoms with Crippen molar-refractivity contribution in [2.45, 2.75) is 19.5 Å². The molecule has 0 spiro atoms. The summed E-state index contributed by atoms with van der Waals surface area (Å²) in [5.41, 5.74) is 1.99. The number of carbonyl (C=O) groups is 2. The molecule has 0 radical (unpaired) electrons. The molecule has 0 saturated carbocycles. The Morgan fingerprint density at radius 2 is 2.11 bits per heavy atom. The molecule has 0 aliphatic heterocycles. The van der Waals surface area contributed by atoms with Crippen LogP contribution in [0.4, 0.5) is 4.79 Å². The first-order valence-corrected chi connectivity index (χ1v) is 5.46. The van der Waals surface area contributed by atoms with Gasteiger partial charge in [0.15, 0.2) is 6.04 Å². The predicted octanol–water partition coefficient (Wildman–Crippen LogP) is 0.240. The number of amides is 2. The lowest BCUT2D eigenvalue weighted by Gasteiger charge is -2.12. The van der Waals surface area contributed by atoms with Crippen molar-refractivity contribution >= 4 is 12.0 Å². The molecule has 0 aliphatic carbocycles. The van der Waals surface area contributed by atoms with Gasteiger partial charge in [-0.2, -0.15) is 0 Å². The van der Waals surface area contributed by atoms with Crippen LogP contribution in [0.25, 0.3) is 0 Å². The van der Waals surface area contributed by atoms with Crippen LogP contribution in [-0.2, 0) is 11.3 Å². The van der Waals surface area contributed by atoms with E-state index in [-0.39, 0.29) is 0 Å². The molecule has 0 unspecified atom stereocenters. The van der Waals surface area contributed by atoms with Crippen molar-refractivity contribution in [2.24, 2.45) is 0 Å². The number of aliphatic hydroxyl groups is 1. The number of carboxylic acids is 1. The monoisotopic (exact) mass is 252 g/mol. The molecule has 0 aliphatic rings. The molecule has 4 N–H and O–H groups in total. The zero-order valence-corrected chi connectivity index (χ0v) is 10.0. The van der Waals surface area contributed by atoms with Gasteiger partial charge in [-0.15, -0.1) is 0 Å². The van der Waals surface area contributed by atoms with Gasteiger partial charge in [-0.3, -0.25) is 0 Å². The molecule has 1 aromatic rings. The number of benzene rings is 1. The second-order valence-corrected chi connectivity index (χ2v) is 3.89. The Kier molecular flexibility index (Phi) is 5.13. The third kappa shape index (κ3) is 4.42. The topological polar surface area (TPSA) is 98.7 Å². The normalized spacial score (nSPS) is 11.7. The van der Waals surface area contributed by atoms with Gasteiger partial charge in [-0.25, -0.2) is 9.59 Å². The summed E-state index contributed by atoms with van der Waals surface area (Å²) < 4.78 is 0. The van der Waals surface area contributed by atoms with E-state index in [1.165, 1.54) is 0 Å². The highest BCUT2D eigenvalue weighted by Crippen LogP contribution is 2.02. The highest BCUT2D eigenvalue weighted by atomic mass is 16.4. The molecule has 6 nitrogen and oxygen atoms in total. The van der Waals surface area contributed by atoms with Crippen LogP contribution < -0.4 is 10.6 Å². The number of carbonyl (C=O) groups excluding carboxylic acids is 1. The molecule has 2 amide bonds. The zero-order chi connectivity index (χ0) is 13.5. The summed E-state index contributed by atoms with van der Waals surface area (Å²) in [5.74, 6) is -1.27. The number of carboxylic acid groups (broad SMARTS) is 1. The number of aliphatic carboxylic acids is 1. The highest BCUT2D eigenvalue weighted by Gasteiger charge is 2.18. The second-order valence-electron chi connectivity index (χ2n) is 3.89. The standard InChI is InChI=1S/C12H16N2O4/c1-8-3-2-4-9(5-8)6-13-12(18)14-10(7-15)11(16)17/h2-5,10,15H,6-7H2,1H3,(H,16,17)(H2,13,14,18)/t10-/m0/s1. The Bertz CT molecular complexity index is 434. The summed E-state index contributed by atoms with van der Waals surface area (Å²) in [6, 6.07) is 5.67. The van der Waals surface area contributed by atoms with Crippen LogP contribution in [0.3, 0.4) is 0 Å². The minimum Gasteiger partial charge on any atom is -0.480 e. The van der Waals surface area contributed by atoms with Crippen molar-refractivity contribution in [3.05, 3.63) is 35.4 Å². The number of aryl methyl sites for hydroxylation is 1. The first-order valence-electron chi connectivity index (χ1n) is 5.46. The van der Waals surface area contributed by atoms with Gasteiger partial charge in [0.2, 0.25) is 0 Å². The Morgan fingerprint density at radius 3 is 2.67 bits per heavy atom. The molecular weight excluding hydrogens is 236 g/mol. The fraction of sp³-hybridized carbons (Fsp3) is 0.333. The van der Waals surface area contributed by atoms with E-state index in [0.717, 1.165) is 11.1 Å². The summed E-state index contributed by atoms with van der Waals surface area (Å²) in [6.45, 7) is 1.59. The average molecular weight is 252 g/mol. The van der Waals surface area contributed by atoms with Gasteiger partial charge >= 0.3 is 12.0 Å². The summed E-state index contributed by atoms with van der Waals surface area (Å²) in [5, 5.41) is 22.1. The molecule has 0 bridgehead atoms. The number of hydrogen-bond acceptors (Lipinski definition) is 3. The molecule has 98 valence electrons. The lowest BCUT2D eigenvalue weighted by molar-refractivity contribution is -0.140. The van der Waals surface area contributed by atoms with Gasteiger partial charge in [0.05, 0.1) is 6.61 Å². The van der Waals surface area contributed by atoms with Crippen molar-refractivity contribution in [3.63, 3.8) is 0 Å². The van der Waals surface area contributed by atoms with Crippen LogP contribution in [0, 0.1) is 6.92 Å². The van der Waals surface area contributed by atoms with Crippen LogP contribution in [0.2, 0.25) is 0 Å². The van der Waals surface area contributed by atoms with Crippen LogP contribution in [0.15, 0.2) is 24.3 Å². The zero-order valence-electron chi connectivity index (χ0n) is 10.0. The average Bonchev–Trinajstić information content (AvgIpc) is 2.33. The molecule has 1 aromatic carbocycles. The third-order valence-corrected chi connectivity index (χ3v) is 2.32. The maximum absolute atomic E-state index is 11.4. The van der Waals surface area contributed by atoms with E-state index >= 15 is 0 Å². The second kappa shape index (κ2) is 6.61. The number of urea groups is 1. The van der Waals surface area contributed by atoms with Crippen LogP contribution >= 0.6 is 0 Å². The smallest absolute Gasteiger partial charge is 0.328 e. The highest BCUT2D eigenvalue weighted by molar-refractivity contribution is 5.82. The Morgan fingerprint density at radius 1 is 1.39 bits per heavy atom. The van der Waals surface area contributed by atoms with Gasteiger partial charge in [0, 0.05) is 6.54 Å². The summed E-state index contributed by atoms with van der Waals surface area (Å²) in [4.78, 5) is 22.0. The van der Waals surface area contributed by atoms with E-state index in [9.17, 15) is 9.59 Å². The van der Waals surface area contributed by atoms with E-state index in [1.54, 1.807) is 0 Å². The number of hydrogen-bond donors (Lipinski definition) is 4. The van der Waals surface area contributed by atoms with Crippen LogP contribution in [0.5, 0.6) is 0 Å². The first kappa shape index (κ1) is 14.0. The lowest BCUT2D eigenvalue weighted by atomic mass is 10.1. The van der Waals surface area contributed by atoms with Gasteiger partial charge in [0.25, 0.3) is 0 Å². The fourth-order valence-corrected chi connectivity index (χ4v) is 1.40. The SMILES string of the molecule is Cc1cccc(CNC(=O)N[C@@H](CO)C(=O)O)c1. The Hall–Kier alpha value is -2.08. The number of nitrogens with one attached hydrogen (secondary N) is 2. The fourth-order valence-electron chi connectivity index (χ4n) is 1.40. The number of aliphatic hydroxyl groups excluding tert-OH is 1. The van der Waals surface area contributed by atoms with E-state index < -0.39 is 24.6 Å².